The van der Waals surface area contributed by atoms with E-state index in [0.717, 1.165) is 23.2 Å². The Hall–Kier alpha value is -3.02. The van der Waals surface area contributed by atoms with Crippen LogP contribution in [0.3, 0.4) is 0 Å². The summed E-state index contributed by atoms with van der Waals surface area (Å²) in [7, 11) is 0. The number of ether oxygens (including phenoxy) is 2. The predicted molar refractivity (Wildman–Crippen MR) is 104 cm³/mol. The van der Waals surface area contributed by atoms with E-state index in [1.54, 1.807) is 23.1 Å². The smallest absolute Gasteiger partial charge is 0.231 e. The zero-order valence-corrected chi connectivity index (χ0v) is 15.9. The third-order valence-corrected chi connectivity index (χ3v) is 4.57. The highest BCUT2D eigenvalue weighted by Gasteiger charge is 2.19. The number of aryl methyl sites for hydroxylation is 2. The molecule has 3 rings (SSSR count). The van der Waals surface area contributed by atoms with E-state index in [2.05, 4.69) is 12.2 Å². The molecule has 0 fully saturated rings. The van der Waals surface area contributed by atoms with Gasteiger partial charge in [-0.15, -0.1) is 0 Å². The Bertz CT molecular complexity index is 863. The molecule has 27 heavy (non-hydrogen) atoms. The maximum Gasteiger partial charge on any atom is 0.231 e. The molecule has 1 aliphatic rings. The van der Waals surface area contributed by atoms with E-state index >= 15 is 0 Å². The number of amides is 2. The van der Waals surface area contributed by atoms with Crippen LogP contribution in [0.2, 0.25) is 0 Å². The summed E-state index contributed by atoms with van der Waals surface area (Å²) < 4.78 is 10.6. The van der Waals surface area contributed by atoms with Crippen LogP contribution in [-0.4, -0.2) is 25.2 Å². The van der Waals surface area contributed by atoms with Gasteiger partial charge in [-0.1, -0.05) is 25.1 Å². The molecule has 1 aliphatic heterocycles. The fourth-order valence-electron chi connectivity index (χ4n) is 3.23. The van der Waals surface area contributed by atoms with E-state index in [9.17, 15) is 9.59 Å². The Morgan fingerprint density at radius 1 is 1.15 bits per heavy atom. The molecule has 1 N–H and O–H groups in total. The molecule has 6 heteroatoms. The summed E-state index contributed by atoms with van der Waals surface area (Å²) in [5, 5.41) is 2.85. The van der Waals surface area contributed by atoms with E-state index in [0.29, 0.717) is 23.7 Å². The molecule has 2 aromatic carbocycles. The second-order valence-electron chi connectivity index (χ2n) is 6.47. The van der Waals surface area contributed by atoms with Crippen LogP contribution in [-0.2, 0) is 16.0 Å². The van der Waals surface area contributed by atoms with Crippen LogP contribution < -0.4 is 19.7 Å². The molecular formula is C21H24N2O4. The van der Waals surface area contributed by atoms with Crippen LogP contribution >= 0.6 is 0 Å². The van der Waals surface area contributed by atoms with E-state index in [1.807, 2.05) is 25.1 Å². The molecule has 6 nitrogen and oxygen atoms in total. The maximum absolute atomic E-state index is 12.4. The van der Waals surface area contributed by atoms with Crippen LogP contribution in [0, 0.1) is 6.92 Å². The third kappa shape index (κ3) is 4.22. The van der Waals surface area contributed by atoms with Crippen molar-refractivity contribution in [1.82, 2.24) is 0 Å². The molecule has 2 amide bonds. The second kappa shape index (κ2) is 8.12. The normalized spacial score (nSPS) is 12.0. The molecule has 0 saturated carbocycles. The number of nitrogens with one attached hydrogen (secondary N) is 1. The molecule has 142 valence electrons. The van der Waals surface area contributed by atoms with Gasteiger partial charge >= 0.3 is 0 Å². The summed E-state index contributed by atoms with van der Waals surface area (Å²) in [6, 6.07) is 11.3. The molecule has 0 saturated heterocycles. The van der Waals surface area contributed by atoms with Gasteiger partial charge in [-0.2, -0.15) is 0 Å². The van der Waals surface area contributed by atoms with E-state index in [-0.39, 0.29) is 25.0 Å². The minimum absolute atomic E-state index is 0.0742. The van der Waals surface area contributed by atoms with Crippen molar-refractivity contribution in [2.75, 3.05) is 23.6 Å². The predicted octanol–water partition coefficient (Wildman–Crippen LogP) is 3.67. The minimum atomic E-state index is -0.160. The minimum Gasteiger partial charge on any atom is -0.454 e. The molecule has 0 bridgehead atoms. The van der Waals surface area contributed by atoms with Crippen molar-refractivity contribution in [1.29, 1.82) is 0 Å². The number of hydrogen-bond donors (Lipinski definition) is 1. The van der Waals surface area contributed by atoms with Crippen molar-refractivity contribution in [2.45, 2.75) is 33.6 Å². The SMILES string of the molecule is CCc1cccc(C)c1N(CCC(=O)Nc1ccc2c(c1)OCO2)C(C)=O. The number of rotatable bonds is 6. The van der Waals surface area contributed by atoms with Gasteiger partial charge in [0.05, 0.1) is 0 Å². The third-order valence-electron chi connectivity index (χ3n) is 4.57. The van der Waals surface area contributed by atoms with Crippen molar-refractivity contribution in [3.63, 3.8) is 0 Å². The number of para-hydroxylation sites is 1. The first-order chi connectivity index (χ1) is 13.0. The quantitative estimate of drug-likeness (QED) is 0.845. The Balaban J connectivity index is 1.68. The molecule has 1 heterocycles. The highest BCUT2D eigenvalue weighted by atomic mass is 16.7. The van der Waals surface area contributed by atoms with Gasteiger partial charge in [0, 0.05) is 37.3 Å². The first kappa shape index (κ1) is 18.8. The summed E-state index contributed by atoms with van der Waals surface area (Å²) in [5.41, 5.74) is 3.68. The molecule has 0 radical (unpaired) electrons. The number of carbonyl (C=O) groups excluding carboxylic acids is 2. The number of benzene rings is 2. The van der Waals surface area contributed by atoms with Gasteiger partial charge in [0.15, 0.2) is 11.5 Å². The summed E-state index contributed by atoms with van der Waals surface area (Å²) in [6.45, 7) is 6.09. The number of nitrogens with zero attached hydrogens (tertiary/aromatic N) is 1. The van der Waals surface area contributed by atoms with Crippen molar-refractivity contribution >= 4 is 23.2 Å². The van der Waals surface area contributed by atoms with Gasteiger partial charge < -0.3 is 19.7 Å². The molecule has 2 aromatic rings. The molecule has 0 aliphatic carbocycles. The van der Waals surface area contributed by atoms with Gasteiger partial charge in [-0.3, -0.25) is 9.59 Å². The first-order valence-electron chi connectivity index (χ1n) is 9.05. The van der Waals surface area contributed by atoms with E-state index in [4.69, 9.17) is 9.47 Å². The fraction of sp³-hybridized carbons (Fsp3) is 0.333. The Labute approximate surface area is 159 Å². The maximum atomic E-state index is 12.4. The number of hydrogen-bond acceptors (Lipinski definition) is 4. The van der Waals surface area contributed by atoms with E-state index in [1.165, 1.54) is 6.92 Å². The van der Waals surface area contributed by atoms with Crippen molar-refractivity contribution in [2.24, 2.45) is 0 Å². The number of fused-ring (bicyclic) bond motifs is 1. The summed E-state index contributed by atoms with van der Waals surface area (Å²) in [5.74, 6) is 1.05. The lowest BCUT2D eigenvalue weighted by Crippen LogP contribution is -2.33. The Morgan fingerprint density at radius 3 is 2.67 bits per heavy atom. The number of carbonyl (C=O) groups is 2. The van der Waals surface area contributed by atoms with Crippen molar-refractivity contribution < 1.29 is 19.1 Å². The largest absolute Gasteiger partial charge is 0.454 e. The zero-order valence-electron chi connectivity index (χ0n) is 15.9. The second-order valence-corrected chi connectivity index (χ2v) is 6.47. The summed E-state index contributed by atoms with van der Waals surface area (Å²) in [4.78, 5) is 26.3. The first-order valence-corrected chi connectivity index (χ1v) is 9.05. The molecule has 0 atom stereocenters. The van der Waals surface area contributed by atoms with E-state index < -0.39 is 0 Å². The van der Waals surface area contributed by atoms with Gasteiger partial charge in [0.2, 0.25) is 18.6 Å². The van der Waals surface area contributed by atoms with Gasteiger partial charge in [-0.05, 0) is 36.6 Å². The molecule has 0 spiro atoms. The summed E-state index contributed by atoms with van der Waals surface area (Å²) in [6.07, 6.45) is 1.02. The zero-order chi connectivity index (χ0) is 19.4. The lowest BCUT2D eigenvalue weighted by Gasteiger charge is -2.25. The standard InChI is InChI=1S/C21H24N2O4/c1-4-16-7-5-6-14(2)21(16)23(15(3)24)11-10-20(25)22-17-8-9-18-19(12-17)27-13-26-18/h5-9,12H,4,10-11,13H2,1-3H3,(H,22,25). The van der Waals surface area contributed by atoms with Crippen LogP contribution in [0.5, 0.6) is 11.5 Å². The van der Waals surface area contributed by atoms with Crippen LogP contribution in [0.1, 0.15) is 31.4 Å². The summed E-state index contributed by atoms with van der Waals surface area (Å²) >= 11 is 0. The van der Waals surface area contributed by atoms with Crippen LogP contribution in [0.25, 0.3) is 0 Å². The number of anilines is 2. The van der Waals surface area contributed by atoms with Gasteiger partial charge in [0.25, 0.3) is 0 Å². The Morgan fingerprint density at radius 2 is 1.93 bits per heavy atom. The lowest BCUT2D eigenvalue weighted by atomic mass is 10.0. The van der Waals surface area contributed by atoms with Crippen LogP contribution in [0.15, 0.2) is 36.4 Å². The molecule has 0 aromatic heterocycles. The lowest BCUT2D eigenvalue weighted by molar-refractivity contribution is -0.117. The fourth-order valence-corrected chi connectivity index (χ4v) is 3.23. The molecular weight excluding hydrogens is 344 g/mol. The highest BCUT2D eigenvalue weighted by molar-refractivity contribution is 5.96. The highest BCUT2D eigenvalue weighted by Crippen LogP contribution is 2.34. The van der Waals surface area contributed by atoms with Crippen LogP contribution in [0.4, 0.5) is 11.4 Å². The Kier molecular flexibility index (Phi) is 5.64. The molecule has 0 unspecified atom stereocenters. The van der Waals surface area contributed by atoms with Gasteiger partial charge in [-0.25, -0.2) is 0 Å². The van der Waals surface area contributed by atoms with Crippen molar-refractivity contribution in [3.05, 3.63) is 47.5 Å². The van der Waals surface area contributed by atoms with Crippen molar-refractivity contribution in [3.8, 4) is 11.5 Å². The topological polar surface area (TPSA) is 67.9 Å². The monoisotopic (exact) mass is 368 g/mol. The average molecular weight is 368 g/mol. The average Bonchev–Trinajstić information content (AvgIpc) is 3.10. The van der Waals surface area contributed by atoms with Gasteiger partial charge in [0.1, 0.15) is 0 Å².